The lowest BCUT2D eigenvalue weighted by atomic mass is 10.1. The number of amidine groups is 1. The Kier molecular flexibility index (Phi) is 7.03. The number of carbonyl (C=O) groups excluding carboxylic acids is 1. The number of anilines is 1. The molecule has 1 atom stereocenters. The molecule has 1 heterocycles. The molecular weight excluding hydrogens is 481 g/mol. The summed E-state index contributed by atoms with van der Waals surface area (Å²) in [5, 5.41) is 11.9. The summed E-state index contributed by atoms with van der Waals surface area (Å²) >= 11 is 13.3. The Labute approximate surface area is 204 Å². The van der Waals surface area contributed by atoms with Crippen molar-refractivity contribution in [1.82, 2.24) is 0 Å². The zero-order valence-electron chi connectivity index (χ0n) is 17.2. The van der Waals surface area contributed by atoms with Crippen LogP contribution in [0.4, 0.5) is 10.5 Å². The number of nitrogens with one attached hydrogen (secondary N) is 2. The number of nitrogens with two attached hydrogens (primary N) is 1. The van der Waals surface area contributed by atoms with Gasteiger partial charge in [0.1, 0.15) is 18.2 Å². The van der Waals surface area contributed by atoms with Gasteiger partial charge >= 0.3 is 6.09 Å². The number of halogens is 2. The number of ether oxygens (including phenoxy) is 2. The number of hydrogen-bond donors (Lipinski definition) is 3. The van der Waals surface area contributed by atoms with Crippen molar-refractivity contribution in [2.75, 3.05) is 11.9 Å². The second kappa shape index (κ2) is 10.1. The molecule has 0 aliphatic rings. The highest BCUT2D eigenvalue weighted by Gasteiger charge is 2.19. The van der Waals surface area contributed by atoms with Crippen LogP contribution in [0, 0.1) is 5.41 Å². The van der Waals surface area contributed by atoms with Crippen LogP contribution in [0.15, 0.2) is 72.8 Å². The van der Waals surface area contributed by atoms with E-state index < -0.39 is 12.2 Å². The number of carbonyl (C=O) groups is 1. The van der Waals surface area contributed by atoms with Gasteiger partial charge in [0.2, 0.25) is 0 Å². The Hall–Kier alpha value is -3.26. The van der Waals surface area contributed by atoms with Gasteiger partial charge in [-0.3, -0.25) is 10.7 Å². The summed E-state index contributed by atoms with van der Waals surface area (Å²) in [5.41, 5.74) is 6.97. The lowest BCUT2D eigenvalue weighted by molar-refractivity contribution is 0.0910. The topological polar surface area (TPSA) is 97.4 Å². The smallest absolute Gasteiger partial charge is 0.411 e. The standard InChI is InChI=1S/C24H19Cl2N3O3S/c25-17-10-9-15(11-18(17)26)29-24(30)31-13-20(14-5-2-1-3-6-14)32-19-7-4-8-21-16(19)12-22(33-21)23(27)28/h1-12,20H,13H2,(H3,27,28)(H,29,30). The molecule has 0 bridgehead atoms. The van der Waals surface area contributed by atoms with E-state index in [1.54, 1.807) is 18.2 Å². The maximum atomic E-state index is 12.4. The molecule has 1 amide bonds. The number of thiophene rings is 1. The summed E-state index contributed by atoms with van der Waals surface area (Å²) < 4.78 is 12.7. The molecule has 0 spiro atoms. The van der Waals surface area contributed by atoms with E-state index in [1.807, 2.05) is 54.6 Å². The highest BCUT2D eigenvalue weighted by atomic mass is 35.5. The first kappa shape index (κ1) is 22.9. The minimum absolute atomic E-state index is 0.00377. The van der Waals surface area contributed by atoms with Crippen molar-refractivity contribution in [2.45, 2.75) is 6.10 Å². The molecule has 0 radical (unpaired) electrons. The van der Waals surface area contributed by atoms with Crippen LogP contribution < -0.4 is 15.8 Å². The van der Waals surface area contributed by atoms with Crippen LogP contribution in [-0.2, 0) is 4.74 Å². The molecule has 4 rings (SSSR count). The summed E-state index contributed by atoms with van der Waals surface area (Å²) in [6, 6.07) is 21.7. The van der Waals surface area contributed by atoms with Gasteiger partial charge in [0.05, 0.1) is 14.9 Å². The van der Waals surface area contributed by atoms with Crippen LogP contribution >= 0.6 is 34.5 Å². The van der Waals surface area contributed by atoms with Crippen LogP contribution in [-0.4, -0.2) is 18.5 Å². The fraction of sp³-hybridized carbons (Fsp3) is 0.0833. The Morgan fingerprint density at radius 3 is 2.55 bits per heavy atom. The van der Waals surface area contributed by atoms with Crippen molar-refractivity contribution in [3.05, 3.63) is 93.3 Å². The van der Waals surface area contributed by atoms with Gasteiger partial charge in [-0.15, -0.1) is 11.3 Å². The fourth-order valence-electron chi connectivity index (χ4n) is 3.17. The molecule has 168 valence electrons. The Bertz CT molecular complexity index is 1310. The third kappa shape index (κ3) is 5.57. The predicted octanol–water partition coefficient (Wildman–Crippen LogP) is 6.86. The molecule has 9 heteroatoms. The van der Waals surface area contributed by atoms with Crippen LogP contribution in [0.3, 0.4) is 0 Å². The van der Waals surface area contributed by atoms with E-state index in [4.69, 9.17) is 43.8 Å². The van der Waals surface area contributed by atoms with Gasteiger partial charge < -0.3 is 15.2 Å². The van der Waals surface area contributed by atoms with Gasteiger partial charge in [-0.25, -0.2) is 4.79 Å². The number of rotatable bonds is 7. The summed E-state index contributed by atoms with van der Waals surface area (Å²) in [4.78, 5) is 13.0. The SMILES string of the molecule is N=C(N)c1cc2c(OC(COC(=O)Nc3ccc(Cl)c(Cl)c3)c3ccccc3)cccc2s1. The predicted molar refractivity (Wildman–Crippen MR) is 134 cm³/mol. The maximum absolute atomic E-state index is 12.4. The zero-order valence-corrected chi connectivity index (χ0v) is 19.5. The quantitative estimate of drug-likeness (QED) is 0.191. The van der Waals surface area contributed by atoms with Crippen LogP contribution in [0.2, 0.25) is 10.0 Å². The minimum Gasteiger partial charge on any atom is -0.481 e. The minimum atomic E-state index is -0.648. The monoisotopic (exact) mass is 499 g/mol. The van der Waals surface area contributed by atoms with E-state index in [2.05, 4.69) is 5.32 Å². The average molecular weight is 500 g/mol. The lowest BCUT2D eigenvalue weighted by Crippen LogP contribution is -2.21. The van der Waals surface area contributed by atoms with Gasteiger partial charge in [-0.2, -0.15) is 0 Å². The van der Waals surface area contributed by atoms with E-state index in [9.17, 15) is 4.79 Å². The second-order valence-corrected chi connectivity index (χ2v) is 8.96. The molecule has 0 saturated heterocycles. The van der Waals surface area contributed by atoms with Crippen molar-refractivity contribution in [3.8, 4) is 5.75 Å². The third-order valence-electron chi connectivity index (χ3n) is 4.76. The van der Waals surface area contributed by atoms with Crippen molar-refractivity contribution in [3.63, 3.8) is 0 Å². The summed E-state index contributed by atoms with van der Waals surface area (Å²) in [5.74, 6) is 0.614. The van der Waals surface area contributed by atoms with Crippen molar-refractivity contribution in [1.29, 1.82) is 5.41 Å². The van der Waals surface area contributed by atoms with Crippen LogP contribution in [0.1, 0.15) is 16.5 Å². The molecule has 0 fully saturated rings. The summed E-state index contributed by atoms with van der Waals surface area (Å²) in [6.45, 7) is -0.0305. The number of fused-ring (bicyclic) bond motifs is 1. The zero-order chi connectivity index (χ0) is 23.4. The normalized spacial score (nSPS) is 11.7. The first-order valence-electron chi connectivity index (χ1n) is 9.88. The lowest BCUT2D eigenvalue weighted by Gasteiger charge is -2.20. The van der Waals surface area contributed by atoms with E-state index in [1.165, 1.54) is 11.3 Å². The molecular formula is C24H19Cl2N3O3S. The molecule has 0 aliphatic heterocycles. The molecule has 3 aromatic carbocycles. The third-order valence-corrected chi connectivity index (χ3v) is 6.63. The van der Waals surface area contributed by atoms with E-state index in [0.717, 1.165) is 15.6 Å². The highest BCUT2D eigenvalue weighted by Crippen LogP contribution is 2.35. The summed E-state index contributed by atoms with van der Waals surface area (Å²) in [7, 11) is 0. The van der Waals surface area contributed by atoms with E-state index >= 15 is 0 Å². The number of hydrogen-bond acceptors (Lipinski definition) is 5. The van der Waals surface area contributed by atoms with Crippen molar-refractivity contribution >= 4 is 62.2 Å². The van der Waals surface area contributed by atoms with Crippen molar-refractivity contribution in [2.24, 2.45) is 5.73 Å². The Balaban J connectivity index is 1.53. The molecule has 1 aromatic heterocycles. The number of benzene rings is 3. The largest absolute Gasteiger partial charge is 0.481 e. The van der Waals surface area contributed by atoms with Gasteiger partial charge in [0.15, 0.2) is 6.10 Å². The van der Waals surface area contributed by atoms with E-state index in [-0.39, 0.29) is 12.4 Å². The molecule has 33 heavy (non-hydrogen) atoms. The Morgan fingerprint density at radius 1 is 1.03 bits per heavy atom. The van der Waals surface area contributed by atoms with Crippen LogP contribution in [0.5, 0.6) is 5.75 Å². The molecule has 0 aliphatic carbocycles. The first-order valence-corrected chi connectivity index (χ1v) is 11.5. The average Bonchev–Trinajstić information content (AvgIpc) is 3.25. The van der Waals surface area contributed by atoms with Crippen molar-refractivity contribution < 1.29 is 14.3 Å². The fourth-order valence-corrected chi connectivity index (χ4v) is 4.41. The van der Waals surface area contributed by atoms with E-state index in [0.29, 0.717) is 26.4 Å². The second-order valence-electron chi connectivity index (χ2n) is 7.06. The molecule has 6 nitrogen and oxygen atoms in total. The van der Waals surface area contributed by atoms with Gasteiger partial charge in [-0.1, -0.05) is 59.6 Å². The number of nitrogen functional groups attached to an aromatic ring is 1. The van der Waals surface area contributed by atoms with Gasteiger partial charge in [0, 0.05) is 15.8 Å². The maximum Gasteiger partial charge on any atom is 0.411 e. The molecule has 0 saturated carbocycles. The first-order chi connectivity index (χ1) is 15.9. The molecule has 4 N–H and O–H groups in total. The summed E-state index contributed by atoms with van der Waals surface area (Å²) in [6.07, 6.45) is -1.21. The van der Waals surface area contributed by atoms with Crippen LogP contribution in [0.25, 0.3) is 10.1 Å². The molecule has 1 unspecified atom stereocenters. The highest BCUT2D eigenvalue weighted by molar-refractivity contribution is 7.20. The number of amides is 1. The van der Waals surface area contributed by atoms with Gasteiger partial charge in [-0.05, 0) is 42.0 Å². The van der Waals surface area contributed by atoms with Gasteiger partial charge in [0.25, 0.3) is 0 Å². The molecule has 4 aromatic rings. The Morgan fingerprint density at radius 2 is 1.82 bits per heavy atom.